The van der Waals surface area contributed by atoms with Crippen LogP contribution in [0.25, 0.3) is 0 Å². The maximum absolute atomic E-state index is 13.7. The average Bonchev–Trinajstić information content (AvgIpc) is 3.20. The summed E-state index contributed by atoms with van der Waals surface area (Å²) in [6.07, 6.45) is -4.00. The molecule has 1 amide bonds. The minimum Gasteiger partial charge on any atom is -0.485 e. The minimum absolute atomic E-state index is 0.143. The lowest BCUT2D eigenvalue weighted by molar-refractivity contribution is -0.274. The number of amides is 1. The number of halogens is 3. The molecule has 0 spiro atoms. The predicted octanol–water partition coefficient (Wildman–Crippen LogP) is 5.87. The summed E-state index contributed by atoms with van der Waals surface area (Å²) in [6.45, 7) is 1.79. The lowest BCUT2D eigenvalue weighted by Crippen LogP contribution is -2.44. The van der Waals surface area contributed by atoms with E-state index in [1.807, 2.05) is 18.2 Å². The number of para-hydroxylation sites is 1. The molecule has 0 saturated heterocycles. The normalized spacial score (nSPS) is 22.4. The molecule has 0 aromatic heterocycles. The summed E-state index contributed by atoms with van der Waals surface area (Å²) < 4.78 is 48.2. The monoisotopic (exact) mass is 511 g/mol. The molecule has 5 rings (SSSR count). The van der Waals surface area contributed by atoms with Crippen molar-refractivity contribution in [1.82, 2.24) is 5.32 Å². The Morgan fingerprint density at radius 3 is 2.62 bits per heavy atom. The number of hydrogen-bond donors (Lipinski definition) is 2. The van der Waals surface area contributed by atoms with Crippen LogP contribution in [0.4, 0.5) is 13.2 Å². The number of aromatic carboxylic acids is 1. The fraction of sp³-hybridized carbons (Fsp3) is 0.286. The Hall–Kier alpha value is -4.01. The number of ether oxygens (including phenoxy) is 2. The first kappa shape index (κ1) is 24.7. The first-order valence-electron chi connectivity index (χ1n) is 11.8. The van der Waals surface area contributed by atoms with E-state index in [0.717, 1.165) is 5.56 Å². The predicted molar refractivity (Wildman–Crippen MR) is 128 cm³/mol. The quantitative estimate of drug-likeness (QED) is 0.448. The number of carbonyl (C=O) groups excluding carboxylic acids is 1. The van der Waals surface area contributed by atoms with Gasteiger partial charge >= 0.3 is 12.3 Å². The number of hydrogen-bond acceptors (Lipinski definition) is 4. The van der Waals surface area contributed by atoms with E-state index in [-0.39, 0.29) is 17.2 Å². The van der Waals surface area contributed by atoms with E-state index in [9.17, 15) is 27.9 Å². The number of alkyl halides is 3. The molecular formula is C28H24F3NO5. The molecule has 9 heteroatoms. The Morgan fingerprint density at radius 2 is 1.86 bits per heavy atom. The third-order valence-corrected chi connectivity index (χ3v) is 7.12. The molecule has 192 valence electrons. The number of rotatable bonds is 5. The summed E-state index contributed by atoms with van der Waals surface area (Å²) in [4.78, 5) is 25.1. The fourth-order valence-electron chi connectivity index (χ4n) is 5.22. The van der Waals surface area contributed by atoms with E-state index in [2.05, 4.69) is 10.1 Å². The van der Waals surface area contributed by atoms with E-state index in [1.54, 1.807) is 31.2 Å². The number of benzene rings is 3. The Morgan fingerprint density at radius 1 is 1.08 bits per heavy atom. The maximum Gasteiger partial charge on any atom is 0.573 e. The van der Waals surface area contributed by atoms with Crippen molar-refractivity contribution in [3.8, 4) is 11.5 Å². The summed E-state index contributed by atoms with van der Waals surface area (Å²) in [5.74, 6) is -0.994. The fourth-order valence-corrected chi connectivity index (χ4v) is 5.22. The maximum atomic E-state index is 13.7. The van der Waals surface area contributed by atoms with Crippen molar-refractivity contribution < 1.29 is 37.3 Å². The number of aryl methyl sites for hydroxylation is 1. The number of carboxylic acid groups (broad SMARTS) is 1. The second-order valence-corrected chi connectivity index (χ2v) is 9.54. The van der Waals surface area contributed by atoms with Gasteiger partial charge in [-0.1, -0.05) is 36.4 Å². The second kappa shape index (κ2) is 9.14. The molecule has 0 saturated carbocycles. The van der Waals surface area contributed by atoms with Gasteiger partial charge in [-0.3, -0.25) is 4.79 Å². The first-order chi connectivity index (χ1) is 17.5. The van der Waals surface area contributed by atoms with Crippen LogP contribution in [0.2, 0.25) is 0 Å². The zero-order valence-corrected chi connectivity index (χ0v) is 19.8. The second-order valence-electron chi connectivity index (χ2n) is 9.54. The van der Waals surface area contributed by atoms with Crippen molar-refractivity contribution >= 4 is 11.9 Å². The van der Waals surface area contributed by atoms with Crippen LogP contribution in [0.1, 0.15) is 64.5 Å². The van der Waals surface area contributed by atoms with Gasteiger partial charge in [-0.15, -0.1) is 13.2 Å². The van der Waals surface area contributed by atoms with Gasteiger partial charge in [-0.2, -0.15) is 0 Å². The molecule has 2 aliphatic rings. The average molecular weight is 511 g/mol. The topological polar surface area (TPSA) is 84.9 Å². The van der Waals surface area contributed by atoms with Gasteiger partial charge in [0.1, 0.15) is 17.6 Å². The number of nitrogens with one attached hydrogen (secondary N) is 1. The summed E-state index contributed by atoms with van der Waals surface area (Å²) in [7, 11) is 0. The Bertz CT molecular complexity index is 1370. The van der Waals surface area contributed by atoms with Gasteiger partial charge in [0.15, 0.2) is 0 Å². The van der Waals surface area contributed by atoms with Gasteiger partial charge in [0.05, 0.1) is 17.0 Å². The van der Waals surface area contributed by atoms with Crippen LogP contribution in [0.5, 0.6) is 11.5 Å². The highest BCUT2D eigenvalue weighted by Gasteiger charge is 2.43. The Kier molecular flexibility index (Phi) is 6.09. The van der Waals surface area contributed by atoms with Crippen LogP contribution in [0.3, 0.4) is 0 Å². The zero-order chi connectivity index (χ0) is 26.4. The van der Waals surface area contributed by atoms with Crippen molar-refractivity contribution in [3.05, 3.63) is 94.5 Å². The van der Waals surface area contributed by atoms with Gasteiger partial charge in [-0.25, -0.2) is 4.79 Å². The standard InChI is InChI=1S/C28H24F3NO5/c1-27(12-11-16-14-19(9-10-21(16)27)37-28(29,30)31)26(35)32-22-15-24(36-23-8-3-2-7-20(22)23)17-5-4-6-18(13-17)25(33)34/h2-10,13-14,22,24H,11-12,15H2,1H3,(H,32,35)(H,33,34)/t22-,24-,27?/m1/s1. The molecule has 3 atom stereocenters. The van der Waals surface area contributed by atoms with Crippen molar-refractivity contribution in [3.63, 3.8) is 0 Å². The van der Waals surface area contributed by atoms with Gasteiger partial charge in [-0.05, 0) is 66.8 Å². The van der Waals surface area contributed by atoms with E-state index in [1.165, 1.54) is 24.3 Å². The van der Waals surface area contributed by atoms with E-state index in [4.69, 9.17) is 4.74 Å². The highest BCUT2D eigenvalue weighted by molar-refractivity contribution is 5.90. The largest absolute Gasteiger partial charge is 0.573 e. The van der Waals surface area contributed by atoms with Crippen LogP contribution in [0, 0.1) is 0 Å². The lowest BCUT2D eigenvalue weighted by Gasteiger charge is -2.35. The van der Waals surface area contributed by atoms with Crippen LogP contribution >= 0.6 is 0 Å². The Balaban J connectivity index is 1.41. The van der Waals surface area contributed by atoms with Gasteiger partial charge in [0.25, 0.3) is 0 Å². The van der Waals surface area contributed by atoms with Crippen molar-refractivity contribution in [2.75, 3.05) is 0 Å². The molecule has 1 aliphatic heterocycles. The molecule has 3 aromatic rings. The van der Waals surface area contributed by atoms with Crippen molar-refractivity contribution in [2.24, 2.45) is 0 Å². The number of fused-ring (bicyclic) bond motifs is 2. The number of carboxylic acids is 1. The molecule has 0 radical (unpaired) electrons. The molecule has 37 heavy (non-hydrogen) atoms. The van der Waals surface area contributed by atoms with Crippen molar-refractivity contribution in [1.29, 1.82) is 0 Å². The van der Waals surface area contributed by atoms with E-state index in [0.29, 0.717) is 41.7 Å². The summed E-state index contributed by atoms with van der Waals surface area (Å²) in [5.41, 5.74) is 2.02. The number of carbonyl (C=O) groups is 2. The minimum atomic E-state index is -4.79. The summed E-state index contributed by atoms with van der Waals surface area (Å²) in [6, 6.07) is 17.6. The van der Waals surface area contributed by atoms with E-state index < -0.39 is 29.9 Å². The van der Waals surface area contributed by atoms with E-state index >= 15 is 0 Å². The van der Waals surface area contributed by atoms with Gasteiger partial charge in [0, 0.05) is 12.0 Å². The van der Waals surface area contributed by atoms with Gasteiger partial charge in [0.2, 0.25) is 5.91 Å². The molecule has 0 fully saturated rings. The molecule has 3 aromatic carbocycles. The molecule has 1 heterocycles. The van der Waals surface area contributed by atoms with Crippen LogP contribution < -0.4 is 14.8 Å². The molecule has 2 N–H and O–H groups in total. The zero-order valence-electron chi connectivity index (χ0n) is 19.8. The molecule has 6 nitrogen and oxygen atoms in total. The van der Waals surface area contributed by atoms with Crippen LogP contribution in [-0.2, 0) is 16.6 Å². The lowest BCUT2D eigenvalue weighted by atomic mass is 9.82. The van der Waals surface area contributed by atoms with Crippen LogP contribution in [0.15, 0.2) is 66.7 Å². The molecule has 1 unspecified atom stereocenters. The first-order valence-corrected chi connectivity index (χ1v) is 11.8. The highest BCUT2D eigenvalue weighted by Crippen LogP contribution is 2.44. The van der Waals surface area contributed by atoms with Crippen LogP contribution in [-0.4, -0.2) is 23.3 Å². The molecule has 1 aliphatic carbocycles. The third-order valence-electron chi connectivity index (χ3n) is 7.12. The summed E-state index contributed by atoms with van der Waals surface area (Å²) in [5, 5.41) is 12.5. The summed E-state index contributed by atoms with van der Waals surface area (Å²) >= 11 is 0. The Labute approximate surface area is 211 Å². The molecule has 0 bridgehead atoms. The van der Waals surface area contributed by atoms with Gasteiger partial charge < -0.3 is 19.9 Å². The smallest absolute Gasteiger partial charge is 0.485 e. The molecular weight excluding hydrogens is 487 g/mol. The highest BCUT2D eigenvalue weighted by atomic mass is 19.4. The van der Waals surface area contributed by atoms with Crippen molar-refractivity contribution in [2.45, 2.75) is 50.1 Å². The SMILES string of the molecule is CC1(C(=O)N[C@@H]2C[C@H](c3cccc(C(=O)O)c3)Oc3ccccc32)CCc2cc(OC(F)(F)F)ccc21. The third kappa shape index (κ3) is 4.85.